The summed E-state index contributed by atoms with van der Waals surface area (Å²) >= 11 is 1.49. The summed E-state index contributed by atoms with van der Waals surface area (Å²) in [4.78, 5) is 13.5. The van der Waals surface area contributed by atoms with Gasteiger partial charge in [-0.2, -0.15) is 0 Å². The highest BCUT2D eigenvalue weighted by molar-refractivity contribution is 7.14. The van der Waals surface area contributed by atoms with Crippen LogP contribution in [0.15, 0.2) is 30.3 Å². The second-order valence-corrected chi connectivity index (χ2v) is 5.07. The number of thiophene rings is 1. The maximum Gasteiger partial charge on any atom is 0.348 e. The average molecular weight is 246 g/mol. The molecule has 0 aliphatic rings. The Balaban J connectivity index is 2.57. The van der Waals surface area contributed by atoms with Gasteiger partial charge in [-0.15, -0.1) is 11.3 Å². The molecule has 88 valence electrons. The predicted molar refractivity (Wildman–Crippen MR) is 70.6 cm³/mol. The van der Waals surface area contributed by atoms with Crippen molar-refractivity contribution in [2.45, 2.75) is 13.8 Å². The topological polar surface area (TPSA) is 26.3 Å². The van der Waals surface area contributed by atoms with Crippen LogP contribution in [0.25, 0.3) is 11.1 Å². The summed E-state index contributed by atoms with van der Waals surface area (Å²) in [6, 6.07) is 10.1. The summed E-state index contributed by atoms with van der Waals surface area (Å²) in [6.07, 6.45) is 0. The molecule has 17 heavy (non-hydrogen) atoms. The van der Waals surface area contributed by atoms with Gasteiger partial charge in [0.1, 0.15) is 4.88 Å². The molecule has 0 radical (unpaired) electrons. The van der Waals surface area contributed by atoms with Crippen molar-refractivity contribution in [3.05, 3.63) is 45.6 Å². The summed E-state index contributed by atoms with van der Waals surface area (Å²) in [5.41, 5.74) is 3.30. The van der Waals surface area contributed by atoms with Crippen molar-refractivity contribution < 1.29 is 9.53 Å². The lowest BCUT2D eigenvalue weighted by atomic mass is 10.0. The molecule has 2 nitrogen and oxygen atoms in total. The average Bonchev–Trinajstić information content (AvgIpc) is 2.65. The van der Waals surface area contributed by atoms with Crippen molar-refractivity contribution in [1.82, 2.24) is 0 Å². The van der Waals surface area contributed by atoms with E-state index in [1.54, 1.807) is 0 Å². The fourth-order valence-corrected chi connectivity index (χ4v) is 3.07. The molecule has 0 spiro atoms. The van der Waals surface area contributed by atoms with Gasteiger partial charge in [0.25, 0.3) is 0 Å². The fraction of sp³-hybridized carbons (Fsp3) is 0.214. The first kappa shape index (κ1) is 11.9. The summed E-state index contributed by atoms with van der Waals surface area (Å²) in [7, 11) is 1.42. The zero-order valence-electron chi connectivity index (χ0n) is 10.1. The summed E-state index contributed by atoms with van der Waals surface area (Å²) in [5.74, 6) is -0.252. The van der Waals surface area contributed by atoms with Crippen LogP contribution in [0.1, 0.15) is 20.1 Å². The molecule has 0 aliphatic heterocycles. The molecule has 0 N–H and O–H groups in total. The smallest absolute Gasteiger partial charge is 0.348 e. The van der Waals surface area contributed by atoms with Crippen LogP contribution in [0.4, 0.5) is 0 Å². The first-order valence-corrected chi connectivity index (χ1v) is 6.20. The van der Waals surface area contributed by atoms with Gasteiger partial charge in [0.2, 0.25) is 0 Å². The lowest BCUT2D eigenvalue weighted by Crippen LogP contribution is -1.99. The number of methoxy groups -OCH3 is 1. The normalized spacial score (nSPS) is 10.3. The van der Waals surface area contributed by atoms with E-state index in [9.17, 15) is 4.79 Å². The van der Waals surface area contributed by atoms with Crippen LogP contribution in [0.5, 0.6) is 0 Å². The molecule has 3 heteroatoms. The quantitative estimate of drug-likeness (QED) is 0.753. The predicted octanol–water partition coefficient (Wildman–Crippen LogP) is 3.82. The number of aryl methyl sites for hydroxylation is 1. The van der Waals surface area contributed by atoms with Gasteiger partial charge in [-0.3, -0.25) is 0 Å². The van der Waals surface area contributed by atoms with Gasteiger partial charge >= 0.3 is 5.97 Å². The highest BCUT2D eigenvalue weighted by Crippen LogP contribution is 2.35. The first-order valence-electron chi connectivity index (χ1n) is 5.39. The molecule has 1 aromatic heterocycles. The SMILES string of the molecule is COC(=O)c1sc(C)c(-c2ccccc2)c1C. The molecule has 0 fully saturated rings. The molecule has 2 aromatic rings. The van der Waals surface area contributed by atoms with Crippen LogP contribution >= 0.6 is 11.3 Å². The van der Waals surface area contributed by atoms with E-state index in [1.165, 1.54) is 18.4 Å². The third-order valence-corrected chi connectivity index (χ3v) is 3.94. The maximum absolute atomic E-state index is 11.6. The molecule has 2 rings (SSSR count). The van der Waals surface area contributed by atoms with Crippen LogP contribution in [-0.4, -0.2) is 13.1 Å². The van der Waals surface area contributed by atoms with E-state index in [0.29, 0.717) is 4.88 Å². The van der Waals surface area contributed by atoms with Gasteiger partial charge in [0.15, 0.2) is 0 Å². The third kappa shape index (κ3) is 2.11. The Morgan fingerprint density at radius 2 is 1.82 bits per heavy atom. The Morgan fingerprint density at radius 3 is 2.41 bits per heavy atom. The standard InChI is InChI=1S/C14H14O2S/c1-9-12(11-7-5-4-6-8-11)10(2)17-13(9)14(15)16-3/h4-8H,1-3H3. The van der Waals surface area contributed by atoms with Crippen LogP contribution in [0, 0.1) is 13.8 Å². The molecule has 0 saturated heterocycles. The first-order chi connectivity index (χ1) is 8.15. The molecule has 0 amide bonds. The van der Waals surface area contributed by atoms with Gasteiger partial charge < -0.3 is 4.74 Å². The van der Waals surface area contributed by atoms with Crippen molar-refractivity contribution in [3.8, 4) is 11.1 Å². The van der Waals surface area contributed by atoms with E-state index in [0.717, 1.165) is 21.6 Å². The fourth-order valence-electron chi connectivity index (χ4n) is 1.97. The van der Waals surface area contributed by atoms with Crippen LogP contribution < -0.4 is 0 Å². The zero-order chi connectivity index (χ0) is 12.4. The number of benzene rings is 1. The van der Waals surface area contributed by atoms with Crippen LogP contribution in [-0.2, 0) is 4.74 Å². The number of carbonyl (C=O) groups excluding carboxylic acids is 1. The second kappa shape index (κ2) is 4.72. The molecule has 1 heterocycles. The molecule has 0 unspecified atom stereocenters. The van der Waals surface area contributed by atoms with Crippen LogP contribution in [0.2, 0.25) is 0 Å². The van der Waals surface area contributed by atoms with Crippen molar-refractivity contribution in [1.29, 1.82) is 0 Å². The van der Waals surface area contributed by atoms with Crippen molar-refractivity contribution in [3.63, 3.8) is 0 Å². The Labute approximate surface area is 105 Å². The molecule has 0 saturated carbocycles. The Bertz CT molecular complexity index is 541. The van der Waals surface area contributed by atoms with E-state index in [2.05, 4.69) is 12.1 Å². The number of ether oxygens (including phenoxy) is 1. The van der Waals surface area contributed by atoms with E-state index in [1.807, 2.05) is 32.0 Å². The van der Waals surface area contributed by atoms with Gasteiger partial charge in [-0.25, -0.2) is 4.79 Å². The lowest BCUT2D eigenvalue weighted by molar-refractivity contribution is 0.0605. The summed E-state index contributed by atoms with van der Waals surface area (Å²) in [6.45, 7) is 4.00. The summed E-state index contributed by atoms with van der Waals surface area (Å²) in [5, 5.41) is 0. The molecule has 0 aliphatic carbocycles. The van der Waals surface area contributed by atoms with Gasteiger partial charge in [-0.05, 0) is 30.5 Å². The number of esters is 1. The lowest BCUT2D eigenvalue weighted by Gasteiger charge is -2.02. The molecular formula is C14H14O2S. The number of rotatable bonds is 2. The van der Waals surface area contributed by atoms with Gasteiger partial charge in [-0.1, -0.05) is 30.3 Å². The van der Waals surface area contributed by atoms with E-state index in [4.69, 9.17) is 4.74 Å². The molecular weight excluding hydrogens is 232 g/mol. The Morgan fingerprint density at radius 1 is 1.18 bits per heavy atom. The van der Waals surface area contributed by atoms with E-state index in [-0.39, 0.29) is 5.97 Å². The minimum absolute atomic E-state index is 0.252. The molecule has 0 atom stereocenters. The number of hydrogen-bond acceptors (Lipinski definition) is 3. The minimum Gasteiger partial charge on any atom is -0.465 e. The second-order valence-electron chi connectivity index (χ2n) is 3.84. The van der Waals surface area contributed by atoms with Gasteiger partial charge in [0, 0.05) is 4.88 Å². The molecule has 0 bridgehead atoms. The van der Waals surface area contributed by atoms with Crippen molar-refractivity contribution in [2.75, 3.05) is 7.11 Å². The zero-order valence-corrected chi connectivity index (χ0v) is 10.9. The monoisotopic (exact) mass is 246 g/mol. The highest BCUT2D eigenvalue weighted by atomic mass is 32.1. The summed E-state index contributed by atoms with van der Waals surface area (Å²) < 4.78 is 4.79. The Hall–Kier alpha value is -1.61. The maximum atomic E-state index is 11.6. The largest absolute Gasteiger partial charge is 0.465 e. The number of hydrogen-bond donors (Lipinski definition) is 0. The highest BCUT2D eigenvalue weighted by Gasteiger charge is 2.19. The third-order valence-electron chi connectivity index (χ3n) is 2.76. The minimum atomic E-state index is -0.252. The van der Waals surface area contributed by atoms with Gasteiger partial charge in [0.05, 0.1) is 7.11 Å². The van der Waals surface area contributed by atoms with Crippen LogP contribution in [0.3, 0.4) is 0 Å². The van der Waals surface area contributed by atoms with Crippen molar-refractivity contribution >= 4 is 17.3 Å². The van der Waals surface area contributed by atoms with E-state index < -0.39 is 0 Å². The van der Waals surface area contributed by atoms with E-state index >= 15 is 0 Å². The molecule has 1 aromatic carbocycles. The number of carbonyl (C=O) groups is 1. The van der Waals surface area contributed by atoms with Crippen molar-refractivity contribution in [2.24, 2.45) is 0 Å². The Kier molecular flexibility index (Phi) is 3.29.